The Balaban J connectivity index is 0.00000208. The van der Waals surface area contributed by atoms with Gasteiger partial charge in [0.2, 0.25) is 0 Å². The van der Waals surface area contributed by atoms with Crippen molar-refractivity contribution in [3.63, 3.8) is 0 Å². The van der Waals surface area contributed by atoms with Gasteiger partial charge in [0.25, 0.3) is 5.69 Å². The van der Waals surface area contributed by atoms with Crippen LogP contribution in [0.5, 0.6) is 0 Å². The summed E-state index contributed by atoms with van der Waals surface area (Å²) in [7, 11) is 0. The molecule has 1 aromatic carbocycles. The normalized spacial score (nSPS) is 18.6. The highest BCUT2D eigenvalue weighted by Crippen LogP contribution is 2.35. The lowest BCUT2D eigenvalue weighted by molar-refractivity contribution is -0.687. The lowest BCUT2D eigenvalue weighted by atomic mass is 10.1. The number of nitrogens with one attached hydrogen (secondary N) is 2. The predicted octanol–water partition coefficient (Wildman–Crippen LogP) is -3.01. The first-order valence-electron chi connectivity index (χ1n) is 6.89. The van der Waals surface area contributed by atoms with Gasteiger partial charge >= 0.3 is 0 Å². The van der Waals surface area contributed by atoms with Gasteiger partial charge in [0.1, 0.15) is 0 Å². The number of fused-ring (bicyclic) bond motifs is 1. The Morgan fingerprint density at radius 3 is 2.67 bits per heavy atom. The van der Waals surface area contributed by atoms with Crippen LogP contribution < -0.4 is 37.9 Å². The minimum Gasteiger partial charge on any atom is -1.00 e. The zero-order chi connectivity index (χ0) is 16.6. The molecule has 10 heteroatoms. The third-order valence-electron chi connectivity index (χ3n) is 3.54. The minimum atomic E-state index is -1.25. The number of halogens is 1. The van der Waals surface area contributed by atoms with E-state index in [0.29, 0.717) is 29.2 Å². The molecule has 0 aliphatic carbocycles. The number of nitrogen functional groups attached to an aromatic ring is 1. The van der Waals surface area contributed by atoms with Crippen molar-refractivity contribution in [1.29, 1.82) is 0 Å². The number of nitro benzene ring substituents is 1. The zero-order valence-electron chi connectivity index (χ0n) is 12.4. The highest BCUT2D eigenvalue weighted by atomic mass is 79.9. The summed E-state index contributed by atoms with van der Waals surface area (Å²) in [6.45, 7) is 0.312. The van der Waals surface area contributed by atoms with E-state index in [4.69, 9.17) is 5.73 Å². The standard InChI is InChI=1S/C14H16N5O4.BrH/c15-9-2-1-3-18(7-9)6-8-4-10(19(22)23)5-11-12(8)17-14(21)13(20)16-11;/h1-5,7,13-14,16-17,20-21H,6,15H2;1H/q+1;/p-1. The molecule has 0 bridgehead atoms. The second kappa shape index (κ2) is 6.99. The first-order chi connectivity index (χ1) is 10.9. The van der Waals surface area contributed by atoms with E-state index in [0.717, 1.165) is 0 Å². The van der Waals surface area contributed by atoms with E-state index in [1.807, 2.05) is 0 Å². The Labute approximate surface area is 147 Å². The summed E-state index contributed by atoms with van der Waals surface area (Å²) < 4.78 is 1.77. The van der Waals surface area contributed by atoms with Crippen LogP contribution in [-0.2, 0) is 6.54 Å². The smallest absolute Gasteiger partial charge is 0.272 e. The molecule has 9 nitrogen and oxygen atoms in total. The van der Waals surface area contributed by atoms with Crippen LogP contribution in [0.25, 0.3) is 0 Å². The molecule has 0 saturated heterocycles. The maximum atomic E-state index is 11.1. The van der Waals surface area contributed by atoms with Crippen LogP contribution in [0.3, 0.4) is 0 Å². The van der Waals surface area contributed by atoms with Gasteiger partial charge in [-0.25, -0.2) is 0 Å². The van der Waals surface area contributed by atoms with E-state index >= 15 is 0 Å². The molecule has 0 spiro atoms. The maximum absolute atomic E-state index is 11.1. The second-order valence-electron chi connectivity index (χ2n) is 5.27. The van der Waals surface area contributed by atoms with Gasteiger partial charge < -0.3 is 43.6 Å². The molecule has 0 fully saturated rings. The molecular formula is C14H16BrN5O4. The molecule has 2 atom stereocenters. The van der Waals surface area contributed by atoms with Crippen molar-refractivity contribution in [3.8, 4) is 0 Å². The second-order valence-corrected chi connectivity index (χ2v) is 5.27. The van der Waals surface area contributed by atoms with E-state index in [1.165, 1.54) is 12.1 Å². The summed E-state index contributed by atoms with van der Waals surface area (Å²) >= 11 is 0. The molecule has 1 aliphatic heterocycles. The monoisotopic (exact) mass is 397 g/mol. The molecule has 0 radical (unpaired) electrons. The number of nitro groups is 1. The number of non-ortho nitro benzene ring substituents is 1. The average molecular weight is 398 g/mol. The molecule has 3 rings (SSSR count). The number of nitrogens with zero attached hydrogens (tertiary/aromatic N) is 2. The SMILES string of the molecule is Nc1ccc[n+](Cc2cc([N+](=O)[O-])cc3c2NC(O)C(O)N3)c1.[Br-]. The molecule has 2 heterocycles. The van der Waals surface area contributed by atoms with E-state index in [9.17, 15) is 20.3 Å². The van der Waals surface area contributed by atoms with Gasteiger partial charge in [-0.2, -0.15) is 4.57 Å². The Morgan fingerprint density at radius 1 is 1.29 bits per heavy atom. The van der Waals surface area contributed by atoms with Crippen molar-refractivity contribution >= 4 is 22.7 Å². The third-order valence-corrected chi connectivity index (χ3v) is 3.54. The topological polar surface area (TPSA) is 138 Å². The number of aromatic nitrogens is 1. The number of benzene rings is 1. The van der Waals surface area contributed by atoms with Gasteiger partial charge in [-0.3, -0.25) is 10.1 Å². The summed E-state index contributed by atoms with van der Waals surface area (Å²) in [5.74, 6) is 0. The lowest BCUT2D eigenvalue weighted by Gasteiger charge is -2.30. The summed E-state index contributed by atoms with van der Waals surface area (Å²) in [5.41, 5.74) is 7.64. The van der Waals surface area contributed by atoms with E-state index in [1.54, 1.807) is 29.1 Å². The molecule has 6 N–H and O–H groups in total. The maximum Gasteiger partial charge on any atom is 0.272 e. The van der Waals surface area contributed by atoms with E-state index < -0.39 is 17.4 Å². The van der Waals surface area contributed by atoms with Crippen LogP contribution in [0.1, 0.15) is 5.56 Å². The van der Waals surface area contributed by atoms with E-state index in [2.05, 4.69) is 10.6 Å². The first kappa shape index (κ1) is 17.9. The van der Waals surface area contributed by atoms with Gasteiger partial charge in [0, 0.05) is 23.8 Å². The molecule has 2 unspecified atom stereocenters. The lowest BCUT2D eigenvalue weighted by Crippen LogP contribution is -3.00. The van der Waals surface area contributed by atoms with Gasteiger partial charge in [0.05, 0.1) is 22.0 Å². The Hall–Kier alpha value is -2.43. The number of pyridine rings is 1. The number of aliphatic hydroxyl groups is 2. The van der Waals surface area contributed by atoms with Crippen molar-refractivity contribution in [3.05, 3.63) is 52.3 Å². The molecule has 24 heavy (non-hydrogen) atoms. The average Bonchev–Trinajstić information content (AvgIpc) is 2.49. The molecule has 1 aromatic heterocycles. The van der Waals surface area contributed by atoms with Crippen molar-refractivity contribution < 1.29 is 36.7 Å². The summed E-state index contributed by atoms with van der Waals surface area (Å²) in [5, 5.41) is 35.9. The van der Waals surface area contributed by atoms with Gasteiger partial charge in [-0.1, -0.05) is 0 Å². The molecule has 128 valence electrons. The number of hydrogen-bond acceptors (Lipinski definition) is 7. The first-order valence-corrected chi connectivity index (χ1v) is 6.89. The fourth-order valence-electron chi connectivity index (χ4n) is 2.50. The van der Waals surface area contributed by atoms with Gasteiger partial charge in [0.15, 0.2) is 31.4 Å². The summed E-state index contributed by atoms with van der Waals surface area (Å²) in [6, 6.07) is 6.24. The molecule has 0 saturated carbocycles. The van der Waals surface area contributed by atoms with Crippen LogP contribution in [0.15, 0.2) is 36.7 Å². The highest BCUT2D eigenvalue weighted by molar-refractivity contribution is 5.77. The zero-order valence-corrected chi connectivity index (χ0v) is 14.0. The van der Waals surface area contributed by atoms with Crippen LogP contribution in [0.2, 0.25) is 0 Å². The Morgan fingerprint density at radius 2 is 2.00 bits per heavy atom. The van der Waals surface area contributed by atoms with Crippen LogP contribution in [0, 0.1) is 10.1 Å². The summed E-state index contributed by atoms with van der Waals surface area (Å²) in [6.07, 6.45) is 1.02. The summed E-state index contributed by atoms with van der Waals surface area (Å²) in [4.78, 5) is 10.6. The van der Waals surface area contributed by atoms with Crippen molar-refractivity contribution in [1.82, 2.24) is 0 Å². The largest absolute Gasteiger partial charge is 1.00 e. The number of aliphatic hydroxyl groups excluding tert-OH is 2. The van der Waals surface area contributed by atoms with Gasteiger partial charge in [-0.05, 0) is 6.07 Å². The number of hydrogen-bond donors (Lipinski definition) is 5. The van der Waals surface area contributed by atoms with E-state index in [-0.39, 0.29) is 22.7 Å². The van der Waals surface area contributed by atoms with Crippen molar-refractivity contribution in [2.24, 2.45) is 0 Å². The molecule has 1 aliphatic rings. The number of rotatable bonds is 3. The van der Waals surface area contributed by atoms with Crippen LogP contribution in [0.4, 0.5) is 22.7 Å². The minimum absolute atomic E-state index is 0. The number of nitrogens with two attached hydrogens (primary N) is 1. The quantitative estimate of drug-likeness (QED) is 0.211. The van der Waals surface area contributed by atoms with Crippen LogP contribution in [-0.4, -0.2) is 27.6 Å². The third kappa shape index (κ3) is 3.55. The molecule has 2 aromatic rings. The Kier molecular flexibility index (Phi) is 5.22. The van der Waals surface area contributed by atoms with Gasteiger partial charge in [-0.15, -0.1) is 0 Å². The Bertz CT molecular complexity index is 773. The van der Waals surface area contributed by atoms with Crippen molar-refractivity contribution in [2.45, 2.75) is 19.0 Å². The number of anilines is 3. The fourth-order valence-corrected chi connectivity index (χ4v) is 2.50. The van der Waals surface area contributed by atoms with Crippen molar-refractivity contribution in [2.75, 3.05) is 16.4 Å². The predicted molar refractivity (Wildman–Crippen MR) is 82.5 cm³/mol. The fraction of sp³-hybridized carbons (Fsp3) is 0.214. The molecule has 0 amide bonds. The highest BCUT2D eigenvalue weighted by Gasteiger charge is 2.29. The molecular weight excluding hydrogens is 382 g/mol. The van der Waals surface area contributed by atoms with Crippen LogP contribution >= 0.6 is 0 Å².